The maximum Gasteiger partial charge on any atom is 0.242 e. The van der Waals surface area contributed by atoms with Crippen LogP contribution >= 0.6 is 39.1 Å². The quantitative estimate of drug-likeness (QED) is 0.512. The summed E-state index contributed by atoms with van der Waals surface area (Å²) in [6.45, 7) is 2.13. The van der Waals surface area contributed by atoms with E-state index in [1.54, 1.807) is 30.0 Å². The van der Waals surface area contributed by atoms with Crippen LogP contribution in [0, 0.1) is 0 Å². The summed E-state index contributed by atoms with van der Waals surface area (Å²) < 4.78 is 0.962. The Balaban J connectivity index is 1.78. The molecular formula is C23H25BrCl2N2O2. The van der Waals surface area contributed by atoms with Crippen LogP contribution in [0.15, 0.2) is 46.9 Å². The van der Waals surface area contributed by atoms with Crippen molar-refractivity contribution in [3.8, 4) is 0 Å². The van der Waals surface area contributed by atoms with E-state index in [0.717, 1.165) is 35.7 Å². The highest BCUT2D eigenvalue weighted by Gasteiger charge is 2.28. The van der Waals surface area contributed by atoms with Crippen molar-refractivity contribution < 1.29 is 9.59 Å². The standard InChI is InChI=1S/C23H25BrCl2N2O2/c1-15(23(30)27-20-4-2-3-5-20)28(14-16-6-9-18(24)10-7-16)22(29)12-17-8-11-19(25)13-21(17)26/h6-11,13,15,20H,2-5,12,14H2,1H3,(H,27,30). The topological polar surface area (TPSA) is 49.4 Å². The molecule has 0 aliphatic heterocycles. The van der Waals surface area contributed by atoms with Gasteiger partial charge in [-0.1, -0.05) is 70.2 Å². The molecule has 4 nitrogen and oxygen atoms in total. The summed E-state index contributed by atoms with van der Waals surface area (Å²) >= 11 is 15.7. The Labute approximate surface area is 196 Å². The summed E-state index contributed by atoms with van der Waals surface area (Å²) in [6.07, 6.45) is 4.37. The third kappa shape index (κ3) is 6.22. The van der Waals surface area contributed by atoms with Gasteiger partial charge in [0.05, 0.1) is 6.42 Å². The summed E-state index contributed by atoms with van der Waals surface area (Å²) in [4.78, 5) is 27.8. The number of nitrogens with one attached hydrogen (secondary N) is 1. The van der Waals surface area contributed by atoms with Gasteiger partial charge in [-0.3, -0.25) is 9.59 Å². The van der Waals surface area contributed by atoms with Crippen molar-refractivity contribution in [2.75, 3.05) is 0 Å². The molecule has 1 fully saturated rings. The van der Waals surface area contributed by atoms with Gasteiger partial charge in [0.1, 0.15) is 6.04 Å². The van der Waals surface area contributed by atoms with Crippen LogP contribution in [0.4, 0.5) is 0 Å². The summed E-state index contributed by atoms with van der Waals surface area (Å²) in [5.74, 6) is -0.272. The van der Waals surface area contributed by atoms with E-state index < -0.39 is 6.04 Å². The molecule has 1 aliphatic rings. The average molecular weight is 512 g/mol. The second kappa shape index (κ2) is 10.7. The van der Waals surface area contributed by atoms with Crippen molar-refractivity contribution >= 4 is 50.9 Å². The first-order valence-corrected chi connectivity index (χ1v) is 11.7. The van der Waals surface area contributed by atoms with Gasteiger partial charge in [-0.25, -0.2) is 0 Å². The van der Waals surface area contributed by atoms with Crippen molar-refractivity contribution in [1.29, 1.82) is 0 Å². The Hall–Kier alpha value is -1.56. The first-order chi connectivity index (χ1) is 14.3. The number of carbonyl (C=O) groups excluding carboxylic acids is 2. The van der Waals surface area contributed by atoms with Gasteiger partial charge in [0, 0.05) is 27.1 Å². The number of rotatable bonds is 7. The van der Waals surface area contributed by atoms with E-state index in [0.29, 0.717) is 22.2 Å². The molecule has 2 amide bonds. The average Bonchev–Trinajstić information content (AvgIpc) is 3.22. The highest BCUT2D eigenvalue weighted by Crippen LogP contribution is 2.23. The van der Waals surface area contributed by atoms with Crippen LogP contribution < -0.4 is 5.32 Å². The van der Waals surface area contributed by atoms with E-state index in [1.165, 1.54) is 0 Å². The normalized spacial score (nSPS) is 15.1. The Morgan fingerprint density at radius 1 is 1.13 bits per heavy atom. The van der Waals surface area contributed by atoms with Gasteiger partial charge < -0.3 is 10.2 Å². The molecule has 0 heterocycles. The molecular weight excluding hydrogens is 487 g/mol. The lowest BCUT2D eigenvalue weighted by molar-refractivity contribution is -0.140. The summed E-state index contributed by atoms with van der Waals surface area (Å²) in [5.41, 5.74) is 1.64. The maximum absolute atomic E-state index is 13.2. The number of amides is 2. The largest absolute Gasteiger partial charge is 0.352 e. The third-order valence-corrected chi connectivity index (χ3v) is 6.61. The molecule has 1 saturated carbocycles. The molecule has 30 heavy (non-hydrogen) atoms. The Bertz CT molecular complexity index is 899. The second-order valence-electron chi connectivity index (χ2n) is 7.73. The van der Waals surface area contributed by atoms with Gasteiger partial charge in [0.25, 0.3) is 0 Å². The van der Waals surface area contributed by atoms with E-state index in [-0.39, 0.29) is 24.3 Å². The minimum absolute atomic E-state index is 0.105. The zero-order valence-electron chi connectivity index (χ0n) is 16.8. The Morgan fingerprint density at radius 2 is 1.80 bits per heavy atom. The van der Waals surface area contributed by atoms with Gasteiger partial charge >= 0.3 is 0 Å². The fourth-order valence-corrected chi connectivity index (χ4v) is 4.43. The molecule has 1 unspecified atom stereocenters. The number of hydrogen-bond acceptors (Lipinski definition) is 2. The molecule has 3 rings (SSSR count). The van der Waals surface area contributed by atoms with Gasteiger partial charge in [-0.15, -0.1) is 0 Å². The molecule has 1 atom stereocenters. The smallest absolute Gasteiger partial charge is 0.242 e. The minimum atomic E-state index is -0.590. The Morgan fingerprint density at radius 3 is 2.43 bits per heavy atom. The summed E-state index contributed by atoms with van der Waals surface area (Å²) in [6, 6.07) is 12.5. The molecule has 2 aromatic rings. The molecule has 2 aromatic carbocycles. The zero-order valence-corrected chi connectivity index (χ0v) is 19.9. The SMILES string of the molecule is CC(C(=O)NC1CCCC1)N(Cc1ccc(Br)cc1)C(=O)Cc1ccc(Cl)cc1Cl. The molecule has 1 N–H and O–H groups in total. The predicted octanol–water partition coefficient (Wildman–Crippen LogP) is 5.77. The molecule has 0 bridgehead atoms. The highest BCUT2D eigenvalue weighted by atomic mass is 79.9. The van der Waals surface area contributed by atoms with Crippen LogP contribution in [0.2, 0.25) is 10.0 Å². The lowest BCUT2D eigenvalue weighted by Gasteiger charge is -2.30. The predicted molar refractivity (Wildman–Crippen MR) is 125 cm³/mol. The monoisotopic (exact) mass is 510 g/mol. The van der Waals surface area contributed by atoms with Crippen LogP contribution in [-0.4, -0.2) is 28.8 Å². The minimum Gasteiger partial charge on any atom is -0.352 e. The summed E-state index contributed by atoms with van der Waals surface area (Å²) in [7, 11) is 0. The van der Waals surface area contributed by atoms with Crippen molar-refractivity contribution in [2.24, 2.45) is 0 Å². The zero-order chi connectivity index (χ0) is 21.7. The first kappa shape index (κ1) is 23.1. The number of nitrogens with zero attached hydrogens (tertiary/aromatic N) is 1. The molecule has 0 saturated heterocycles. The summed E-state index contributed by atoms with van der Waals surface area (Å²) in [5, 5.41) is 4.08. The van der Waals surface area contributed by atoms with Crippen molar-refractivity contribution in [2.45, 2.75) is 57.7 Å². The number of carbonyl (C=O) groups is 2. The van der Waals surface area contributed by atoms with Gasteiger partial charge in [-0.05, 0) is 55.2 Å². The molecule has 0 radical (unpaired) electrons. The van der Waals surface area contributed by atoms with E-state index in [4.69, 9.17) is 23.2 Å². The third-order valence-electron chi connectivity index (χ3n) is 5.49. The highest BCUT2D eigenvalue weighted by molar-refractivity contribution is 9.10. The van der Waals surface area contributed by atoms with Crippen LogP contribution in [0.3, 0.4) is 0 Å². The van der Waals surface area contributed by atoms with Crippen LogP contribution in [-0.2, 0) is 22.6 Å². The molecule has 0 aromatic heterocycles. The lowest BCUT2D eigenvalue weighted by Crippen LogP contribution is -2.50. The van der Waals surface area contributed by atoms with E-state index >= 15 is 0 Å². The molecule has 7 heteroatoms. The van der Waals surface area contributed by atoms with Crippen molar-refractivity contribution in [3.63, 3.8) is 0 Å². The van der Waals surface area contributed by atoms with Crippen LogP contribution in [0.1, 0.15) is 43.7 Å². The molecule has 160 valence electrons. The first-order valence-electron chi connectivity index (χ1n) is 10.1. The maximum atomic E-state index is 13.2. The van der Waals surface area contributed by atoms with E-state index in [9.17, 15) is 9.59 Å². The fourth-order valence-electron chi connectivity index (χ4n) is 3.69. The fraction of sp³-hybridized carbons (Fsp3) is 0.391. The molecule has 1 aliphatic carbocycles. The number of hydrogen-bond donors (Lipinski definition) is 1. The van der Waals surface area contributed by atoms with Crippen LogP contribution in [0.25, 0.3) is 0 Å². The van der Waals surface area contributed by atoms with Crippen LogP contribution in [0.5, 0.6) is 0 Å². The van der Waals surface area contributed by atoms with Gasteiger partial charge in [0.15, 0.2) is 0 Å². The number of halogens is 3. The van der Waals surface area contributed by atoms with Gasteiger partial charge in [0.2, 0.25) is 11.8 Å². The van der Waals surface area contributed by atoms with E-state index in [1.807, 2.05) is 24.3 Å². The van der Waals surface area contributed by atoms with Gasteiger partial charge in [-0.2, -0.15) is 0 Å². The molecule has 0 spiro atoms. The van der Waals surface area contributed by atoms with Crippen molar-refractivity contribution in [3.05, 3.63) is 68.1 Å². The number of benzene rings is 2. The van der Waals surface area contributed by atoms with E-state index in [2.05, 4.69) is 21.2 Å². The Kier molecular flexibility index (Phi) is 8.20. The second-order valence-corrected chi connectivity index (χ2v) is 9.49. The van der Waals surface area contributed by atoms with Crippen molar-refractivity contribution in [1.82, 2.24) is 10.2 Å². The lowest BCUT2D eigenvalue weighted by atomic mass is 10.1.